The van der Waals surface area contributed by atoms with Crippen LogP contribution in [0, 0.1) is 5.41 Å². The van der Waals surface area contributed by atoms with Gasteiger partial charge in [-0.2, -0.15) is 17.9 Å². The van der Waals surface area contributed by atoms with Gasteiger partial charge in [0.2, 0.25) is 15.9 Å². The number of hydrogen-bond donors (Lipinski definition) is 5. The molecule has 0 aromatic heterocycles. The fourth-order valence-electron chi connectivity index (χ4n) is 3.58. The second kappa shape index (κ2) is 12.3. The van der Waals surface area contributed by atoms with Crippen molar-refractivity contribution in [1.82, 2.24) is 19.8 Å². The van der Waals surface area contributed by atoms with Crippen molar-refractivity contribution in [3.05, 3.63) is 29.8 Å². The zero-order chi connectivity index (χ0) is 25.4. The van der Waals surface area contributed by atoms with Crippen LogP contribution in [-0.4, -0.2) is 81.9 Å². The number of sulfonamides is 1. The molecule has 14 heteroatoms. The monoisotopic (exact) mass is 507 g/mol. The second-order valence-electron chi connectivity index (χ2n) is 7.99. The SMILES string of the molecule is N=C(N)NCCCC(NS(=O)(=O)c1cccc(C(F)(F)F)c1)C(=O)N1CCN(CCCN)CC1. The van der Waals surface area contributed by atoms with E-state index >= 15 is 0 Å². The molecule has 34 heavy (non-hydrogen) atoms. The molecular weight excluding hydrogens is 475 g/mol. The highest BCUT2D eigenvalue weighted by Gasteiger charge is 2.34. The summed E-state index contributed by atoms with van der Waals surface area (Å²) in [5.74, 6) is -0.710. The van der Waals surface area contributed by atoms with Crippen molar-refractivity contribution < 1.29 is 26.4 Å². The molecule has 1 aliphatic rings. The Hall–Kier alpha value is -2.42. The lowest BCUT2D eigenvalue weighted by Crippen LogP contribution is -2.55. The smallest absolute Gasteiger partial charge is 0.370 e. The third-order valence-corrected chi connectivity index (χ3v) is 6.88. The molecule has 1 aromatic rings. The van der Waals surface area contributed by atoms with Crippen LogP contribution in [0.2, 0.25) is 0 Å². The lowest BCUT2D eigenvalue weighted by molar-refractivity contribution is -0.138. The first kappa shape index (κ1) is 27.8. The Morgan fingerprint density at radius 3 is 2.44 bits per heavy atom. The fourth-order valence-corrected chi connectivity index (χ4v) is 4.85. The van der Waals surface area contributed by atoms with Gasteiger partial charge in [0.1, 0.15) is 6.04 Å². The van der Waals surface area contributed by atoms with Crippen molar-refractivity contribution in [3.8, 4) is 0 Å². The summed E-state index contributed by atoms with van der Waals surface area (Å²) in [4.78, 5) is 16.3. The lowest BCUT2D eigenvalue weighted by atomic mass is 10.1. The van der Waals surface area contributed by atoms with E-state index in [0.29, 0.717) is 45.2 Å². The van der Waals surface area contributed by atoms with Gasteiger partial charge in [0, 0.05) is 32.7 Å². The summed E-state index contributed by atoms with van der Waals surface area (Å²) in [7, 11) is -4.41. The number of nitrogens with zero attached hydrogens (tertiary/aromatic N) is 2. The Kier molecular flexibility index (Phi) is 10.1. The summed E-state index contributed by atoms with van der Waals surface area (Å²) < 4.78 is 67.2. The van der Waals surface area contributed by atoms with Gasteiger partial charge in [-0.3, -0.25) is 15.1 Å². The van der Waals surface area contributed by atoms with Gasteiger partial charge in [-0.15, -0.1) is 0 Å². The number of nitrogens with two attached hydrogens (primary N) is 2. The first-order chi connectivity index (χ1) is 15.9. The minimum atomic E-state index is -4.71. The summed E-state index contributed by atoms with van der Waals surface area (Å²) in [5, 5.41) is 9.77. The van der Waals surface area contributed by atoms with Gasteiger partial charge in [-0.1, -0.05) is 6.07 Å². The summed E-state index contributed by atoms with van der Waals surface area (Å²) in [6.07, 6.45) is -3.50. The first-order valence-corrected chi connectivity index (χ1v) is 12.4. The molecule has 0 bridgehead atoms. The first-order valence-electron chi connectivity index (χ1n) is 10.9. The number of amides is 1. The summed E-state index contributed by atoms with van der Waals surface area (Å²) in [6, 6.07) is 2.19. The summed E-state index contributed by atoms with van der Waals surface area (Å²) >= 11 is 0. The van der Waals surface area contributed by atoms with E-state index in [-0.39, 0.29) is 18.9 Å². The number of rotatable bonds is 11. The molecule has 1 unspecified atom stereocenters. The Morgan fingerprint density at radius 2 is 1.85 bits per heavy atom. The van der Waals surface area contributed by atoms with Gasteiger partial charge in [-0.05, 0) is 50.6 Å². The van der Waals surface area contributed by atoms with Crippen LogP contribution in [0.1, 0.15) is 24.8 Å². The van der Waals surface area contributed by atoms with Gasteiger partial charge >= 0.3 is 6.18 Å². The van der Waals surface area contributed by atoms with E-state index in [0.717, 1.165) is 31.2 Å². The van der Waals surface area contributed by atoms with Crippen LogP contribution in [0.4, 0.5) is 13.2 Å². The quantitative estimate of drug-likeness (QED) is 0.162. The zero-order valence-electron chi connectivity index (χ0n) is 18.8. The maximum absolute atomic E-state index is 13.2. The Bertz CT molecular complexity index is 936. The minimum absolute atomic E-state index is 0.0741. The molecule has 0 radical (unpaired) electrons. The molecular formula is C20H32F3N7O3S. The second-order valence-corrected chi connectivity index (χ2v) is 9.71. The largest absolute Gasteiger partial charge is 0.416 e. The molecule has 1 saturated heterocycles. The normalized spacial score (nSPS) is 16.3. The number of carbonyl (C=O) groups is 1. The number of nitrogens with one attached hydrogen (secondary N) is 3. The maximum atomic E-state index is 13.2. The van der Waals surface area contributed by atoms with Crippen molar-refractivity contribution in [2.24, 2.45) is 11.5 Å². The average Bonchev–Trinajstić information content (AvgIpc) is 2.79. The molecule has 0 saturated carbocycles. The van der Waals surface area contributed by atoms with Crippen molar-refractivity contribution in [1.29, 1.82) is 5.41 Å². The third-order valence-electron chi connectivity index (χ3n) is 5.41. The molecule has 0 spiro atoms. The molecule has 1 heterocycles. The number of benzene rings is 1. The molecule has 192 valence electrons. The fraction of sp³-hybridized carbons (Fsp3) is 0.600. The molecule has 1 aromatic carbocycles. The number of guanidine groups is 1. The van der Waals surface area contributed by atoms with Gasteiger partial charge < -0.3 is 21.7 Å². The average molecular weight is 508 g/mol. The van der Waals surface area contributed by atoms with E-state index in [1.165, 1.54) is 0 Å². The summed E-state index contributed by atoms with van der Waals surface area (Å²) in [5.41, 5.74) is 9.67. The number of carbonyl (C=O) groups excluding carboxylic acids is 1. The van der Waals surface area contributed by atoms with Crippen molar-refractivity contribution in [3.63, 3.8) is 0 Å². The molecule has 1 aliphatic heterocycles. The van der Waals surface area contributed by atoms with Crippen LogP contribution >= 0.6 is 0 Å². The van der Waals surface area contributed by atoms with E-state index < -0.39 is 38.6 Å². The van der Waals surface area contributed by atoms with Gasteiger partial charge in [0.15, 0.2) is 5.96 Å². The highest BCUT2D eigenvalue weighted by atomic mass is 32.2. The van der Waals surface area contributed by atoms with Crippen LogP contribution < -0.4 is 21.5 Å². The molecule has 7 N–H and O–H groups in total. The van der Waals surface area contributed by atoms with E-state index in [1.54, 1.807) is 4.90 Å². The lowest BCUT2D eigenvalue weighted by Gasteiger charge is -2.36. The molecule has 1 amide bonds. The predicted molar refractivity (Wildman–Crippen MR) is 121 cm³/mol. The van der Waals surface area contributed by atoms with Crippen LogP contribution in [-0.2, 0) is 21.0 Å². The summed E-state index contributed by atoms with van der Waals surface area (Å²) in [6.45, 7) is 3.63. The van der Waals surface area contributed by atoms with Crippen molar-refractivity contribution in [2.75, 3.05) is 45.8 Å². The van der Waals surface area contributed by atoms with Crippen LogP contribution in [0.15, 0.2) is 29.2 Å². The highest BCUT2D eigenvalue weighted by Crippen LogP contribution is 2.30. The highest BCUT2D eigenvalue weighted by molar-refractivity contribution is 7.89. The number of alkyl halides is 3. The Morgan fingerprint density at radius 1 is 1.18 bits per heavy atom. The molecule has 1 fully saturated rings. The number of piperazine rings is 1. The molecule has 10 nitrogen and oxygen atoms in total. The number of hydrogen-bond acceptors (Lipinski definition) is 6. The molecule has 1 atom stereocenters. The minimum Gasteiger partial charge on any atom is -0.370 e. The topological polar surface area (TPSA) is 158 Å². The van der Waals surface area contributed by atoms with Crippen molar-refractivity contribution >= 4 is 21.9 Å². The molecule has 0 aliphatic carbocycles. The maximum Gasteiger partial charge on any atom is 0.416 e. The van der Waals surface area contributed by atoms with E-state index in [9.17, 15) is 26.4 Å². The third kappa shape index (κ3) is 8.42. The van der Waals surface area contributed by atoms with Gasteiger partial charge in [0.05, 0.1) is 10.5 Å². The molecule has 2 rings (SSSR count). The van der Waals surface area contributed by atoms with Crippen LogP contribution in [0.5, 0.6) is 0 Å². The van der Waals surface area contributed by atoms with E-state index in [1.807, 2.05) is 0 Å². The van der Waals surface area contributed by atoms with E-state index in [4.69, 9.17) is 16.9 Å². The van der Waals surface area contributed by atoms with Gasteiger partial charge in [-0.25, -0.2) is 8.42 Å². The number of halogens is 3. The van der Waals surface area contributed by atoms with Gasteiger partial charge in [0.25, 0.3) is 0 Å². The standard InChI is InChI=1S/C20H32F3N7O3S/c21-20(22,23)15-4-1-5-16(14-15)34(32,33)28-17(6-2-8-27-19(25)26)18(31)30-12-10-29(11-13-30)9-3-7-24/h1,4-5,14,17,28H,2-3,6-13,24H2,(H4,25,26,27). The van der Waals surface area contributed by atoms with Crippen molar-refractivity contribution in [2.45, 2.75) is 36.4 Å². The Labute approximate surface area is 197 Å². The zero-order valence-corrected chi connectivity index (χ0v) is 19.6. The Balaban J connectivity index is 2.15. The van der Waals surface area contributed by atoms with Crippen LogP contribution in [0.3, 0.4) is 0 Å². The van der Waals surface area contributed by atoms with Crippen LogP contribution in [0.25, 0.3) is 0 Å². The van der Waals surface area contributed by atoms with E-state index in [2.05, 4.69) is 14.9 Å². The predicted octanol–water partition coefficient (Wildman–Crippen LogP) is 0.109.